The summed E-state index contributed by atoms with van der Waals surface area (Å²) in [6.07, 6.45) is 0.424. The first-order chi connectivity index (χ1) is 9.82. The van der Waals surface area contributed by atoms with E-state index in [4.69, 9.17) is 5.73 Å². The normalized spacial score (nSPS) is 21.1. The van der Waals surface area contributed by atoms with Crippen molar-refractivity contribution in [2.75, 3.05) is 18.4 Å². The highest BCUT2D eigenvalue weighted by Crippen LogP contribution is 2.31. The lowest BCUT2D eigenvalue weighted by molar-refractivity contribution is -0.147. The Bertz CT molecular complexity index is 602. The molecule has 1 aliphatic heterocycles. The van der Waals surface area contributed by atoms with E-state index in [0.29, 0.717) is 24.2 Å². The minimum atomic E-state index is -0.904. The van der Waals surface area contributed by atoms with E-state index in [9.17, 15) is 19.5 Å². The molecule has 0 bridgehead atoms. The number of amides is 3. The van der Waals surface area contributed by atoms with Crippen molar-refractivity contribution in [3.05, 3.63) is 29.8 Å². The van der Waals surface area contributed by atoms with Gasteiger partial charge in [0.1, 0.15) is 0 Å². The number of rotatable bonds is 3. The molecule has 4 N–H and O–H groups in total. The van der Waals surface area contributed by atoms with Gasteiger partial charge in [0, 0.05) is 24.3 Å². The molecule has 112 valence electrons. The van der Waals surface area contributed by atoms with Crippen LogP contribution in [0, 0.1) is 5.41 Å². The van der Waals surface area contributed by atoms with Crippen molar-refractivity contribution in [3.8, 4) is 0 Å². The van der Waals surface area contributed by atoms with Gasteiger partial charge in [0.2, 0.25) is 0 Å². The van der Waals surface area contributed by atoms with Crippen LogP contribution in [0.3, 0.4) is 0 Å². The SMILES string of the molecule is CC1(C(=O)O)CCN(C(=O)c2cccc(NC(N)=O)c2)C1. The van der Waals surface area contributed by atoms with Crippen LogP contribution in [0.5, 0.6) is 0 Å². The second-order valence-corrected chi connectivity index (χ2v) is 5.41. The number of nitrogens with zero attached hydrogens (tertiary/aromatic N) is 1. The third kappa shape index (κ3) is 3.13. The fourth-order valence-corrected chi connectivity index (χ4v) is 2.36. The molecule has 1 fully saturated rings. The van der Waals surface area contributed by atoms with Gasteiger partial charge in [-0.1, -0.05) is 6.07 Å². The summed E-state index contributed by atoms with van der Waals surface area (Å²) in [4.78, 5) is 35.9. The topological polar surface area (TPSA) is 113 Å². The number of hydrogen-bond donors (Lipinski definition) is 3. The van der Waals surface area contributed by atoms with E-state index in [2.05, 4.69) is 5.32 Å². The molecule has 0 saturated carbocycles. The third-order valence-electron chi connectivity index (χ3n) is 3.65. The number of hydrogen-bond acceptors (Lipinski definition) is 3. The van der Waals surface area contributed by atoms with E-state index in [1.165, 1.54) is 11.0 Å². The summed E-state index contributed by atoms with van der Waals surface area (Å²) in [5.41, 5.74) is 4.94. The zero-order chi connectivity index (χ0) is 15.6. The Hall–Kier alpha value is -2.57. The number of likely N-dealkylation sites (tertiary alicyclic amines) is 1. The molecule has 1 unspecified atom stereocenters. The largest absolute Gasteiger partial charge is 0.481 e. The lowest BCUT2D eigenvalue weighted by Crippen LogP contribution is -2.34. The van der Waals surface area contributed by atoms with Gasteiger partial charge in [-0.25, -0.2) is 4.79 Å². The van der Waals surface area contributed by atoms with Gasteiger partial charge in [-0.05, 0) is 31.5 Å². The minimum absolute atomic E-state index is 0.175. The number of primary amides is 1. The number of carboxylic acid groups (broad SMARTS) is 1. The van der Waals surface area contributed by atoms with Gasteiger partial charge in [-0.3, -0.25) is 9.59 Å². The Morgan fingerprint density at radius 2 is 2.10 bits per heavy atom. The number of carbonyl (C=O) groups is 3. The van der Waals surface area contributed by atoms with Gasteiger partial charge in [0.25, 0.3) is 5.91 Å². The van der Waals surface area contributed by atoms with Crippen molar-refractivity contribution in [1.29, 1.82) is 0 Å². The van der Waals surface area contributed by atoms with E-state index in [0.717, 1.165) is 0 Å². The molecule has 1 atom stereocenters. The summed E-state index contributed by atoms with van der Waals surface area (Å²) in [6, 6.07) is 5.67. The number of nitrogens with two attached hydrogens (primary N) is 1. The Labute approximate surface area is 121 Å². The number of nitrogens with one attached hydrogen (secondary N) is 1. The predicted molar refractivity (Wildman–Crippen MR) is 75.9 cm³/mol. The van der Waals surface area contributed by atoms with Crippen molar-refractivity contribution in [1.82, 2.24) is 4.90 Å². The highest BCUT2D eigenvalue weighted by atomic mass is 16.4. The van der Waals surface area contributed by atoms with Gasteiger partial charge in [-0.2, -0.15) is 0 Å². The molecule has 7 heteroatoms. The lowest BCUT2D eigenvalue weighted by Gasteiger charge is -2.20. The maximum absolute atomic E-state index is 12.4. The van der Waals surface area contributed by atoms with Crippen molar-refractivity contribution >= 4 is 23.6 Å². The molecule has 1 aromatic carbocycles. The van der Waals surface area contributed by atoms with E-state index in [-0.39, 0.29) is 12.5 Å². The van der Waals surface area contributed by atoms with Gasteiger partial charge in [-0.15, -0.1) is 0 Å². The van der Waals surface area contributed by atoms with Crippen LogP contribution in [0.2, 0.25) is 0 Å². The fraction of sp³-hybridized carbons (Fsp3) is 0.357. The zero-order valence-electron chi connectivity index (χ0n) is 11.6. The van der Waals surface area contributed by atoms with Gasteiger partial charge in [0.05, 0.1) is 5.41 Å². The maximum Gasteiger partial charge on any atom is 0.316 e. The molecular weight excluding hydrogens is 274 g/mol. The molecular formula is C14H17N3O4. The number of carbonyl (C=O) groups excluding carboxylic acids is 2. The Morgan fingerprint density at radius 1 is 1.38 bits per heavy atom. The van der Waals surface area contributed by atoms with E-state index in [1.807, 2.05) is 0 Å². The van der Waals surface area contributed by atoms with Crippen molar-refractivity contribution in [2.24, 2.45) is 11.1 Å². The zero-order valence-corrected chi connectivity index (χ0v) is 11.6. The summed E-state index contributed by atoms with van der Waals surface area (Å²) in [6.45, 7) is 2.21. The van der Waals surface area contributed by atoms with Gasteiger partial charge < -0.3 is 21.1 Å². The molecule has 1 aromatic rings. The molecule has 0 aliphatic carbocycles. The smallest absolute Gasteiger partial charge is 0.316 e. The summed E-state index contributed by atoms with van der Waals surface area (Å²) < 4.78 is 0. The van der Waals surface area contributed by atoms with Crippen molar-refractivity contribution < 1.29 is 19.5 Å². The van der Waals surface area contributed by atoms with Crippen LogP contribution in [0.4, 0.5) is 10.5 Å². The summed E-state index contributed by atoms with van der Waals surface area (Å²) in [5.74, 6) is -1.16. The molecule has 2 rings (SSSR count). The number of anilines is 1. The second-order valence-electron chi connectivity index (χ2n) is 5.41. The number of benzene rings is 1. The van der Waals surface area contributed by atoms with E-state index >= 15 is 0 Å². The van der Waals surface area contributed by atoms with Crippen molar-refractivity contribution in [3.63, 3.8) is 0 Å². The summed E-state index contributed by atoms with van der Waals surface area (Å²) >= 11 is 0. The van der Waals surface area contributed by atoms with Crippen LogP contribution < -0.4 is 11.1 Å². The fourth-order valence-electron chi connectivity index (χ4n) is 2.36. The van der Waals surface area contributed by atoms with E-state index < -0.39 is 17.4 Å². The first-order valence-electron chi connectivity index (χ1n) is 6.51. The van der Waals surface area contributed by atoms with Crippen molar-refractivity contribution in [2.45, 2.75) is 13.3 Å². The highest BCUT2D eigenvalue weighted by Gasteiger charge is 2.42. The standard InChI is InChI=1S/C14H17N3O4/c1-14(12(19)20)5-6-17(8-14)11(18)9-3-2-4-10(7-9)16-13(15)21/h2-4,7H,5-6,8H2,1H3,(H,19,20)(H3,15,16,21). The number of aliphatic carboxylic acids is 1. The average molecular weight is 291 g/mol. The predicted octanol–water partition coefficient (Wildman–Crippen LogP) is 1.11. The third-order valence-corrected chi connectivity index (χ3v) is 3.65. The average Bonchev–Trinajstić information content (AvgIpc) is 2.81. The van der Waals surface area contributed by atoms with Crippen LogP contribution in [0.1, 0.15) is 23.7 Å². The van der Waals surface area contributed by atoms with E-state index in [1.54, 1.807) is 25.1 Å². The lowest BCUT2D eigenvalue weighted by atomic mass is 9.90. The maximum atomic E-state index is 12.4. The quantitative estimate of drug-likeness (QED) is 0.774. The monoisotopic (exact) mass is 291 g/mol. The van der Waals surface area contributed by atoms with Crippen LogP contribution in [-0.4, -0.2) is 41.0 Å². The van der Waals surface area contributed by atoms with Crippen LogP contribution in [0.25, 0.3) is 0 Å². The molecule has 0 spiro atoms. The molecule has 1 heterocycles. The first kappa shape index (κ1) is 14.8. The molecule has 1 aliphatic rings. The number of carboxylic acids is 1. The van der Waals surface area contributed by atoms with Crippen LogP contribution in [-0.2, 0) is 4.79 Å². The molecule has 21 heavy (non-hydrogen) atoms. The molecule has 1 saturated heterocycles. The molecule has 0 aromatic heterocycles. The molecule has 0 radical (unpaired) electrons. The Balaban J connectivity index is 2.14. The first-order valence-corrected chi connectivity index (χ1v) is 6.51. The minimum Gasteiger partial charge on any atom is -0.481 e. The number of urea groups is 1. The highest BCUT2D eigenvalue weighted by molar-refractivity contribution is 5.97. The molecule has 7 nitrogen and oxygen atoms in total. The van der Waals surface area contributed by atoms with Crippen LogP contribution >= 0.6 is 0 Å². The Morgan fingerprint density at radius 3 is 2.67 bits per heavy atom. The molecule has 3 amide bonds. The summed E-state index contributed by atoms with van der Waals surface area (Å²) in [7, 11) is 0. The Kier molecular flexibility index (Phi) is 3.84. The van der Waals surface area contributed by atoms with Gasteiger partial charge >= 0.3 is 12.0 Å². The van der Waals surface area contributed by atoms with Crippen LogP contribution in [0.15, 0.2) is 24.3 Å². The second kappa shape index (κ2) is 5.43. The van der Waals surface area contributed by atoms with Gasteiger partial charge in [0.15, 0.2) is 0 Å². The summed E-state index contributed by atoms with van der Waals surface area (Å²) in [5, 5.41) is 11.6.